The third-order valence-corrected chi connectivity index (χ3v) is 10.4. The van der Waals surface area contributed by atoms with Crippen LogP contribution >= 0.6 is 0 Å². The Hall–Kier alpha value is -3.43. The van der Waals surface area contributed by atoms with Crippen LogP contribution in [0.15, 0.2) is 90.0 Å². The van der Waals surface area contributed by atoms with E-state index >= 15 is 0 Å². The Labute approximate surface area is 256 Å². The Morgan fingerprint density at radius 3 is 2.59 bits per heavy atom. The number of carbonyl (C=O) groups is 2. The van der Waals surface area contributed by atoms with Crippen LogP contribution in [0.25, 0.3) is 0 Å². The van der Waals surface area contributed by atoms with Crippen molar-refractivity contribution < 1.29 is 38.0 Å². The lowest BCUT2D eigenvalue weighted by Crippen LogP contribution is -2.70. The Balaban J connectivity index is 1.29. The fourth-order valence-electron chi connectivity index (χ4n) is 8.53. The number of hydrogen-bond donors (Lipinski definition) is 1. The summed E-state index contributed by atoms with van der Waals surface area (Å²) in [5.74, 6) is -4.08. The van der Waals surface area contributed by atoms with Gasteiger partial charge in [0.15, 0.2) is 5.78 Å². The van der Waals surface area contributed by atoms with E-state index in [1.807, 2.05) is 49.4 Å². The van der Waals surface area contributed by atoms with Gasteiger partial charge in [-0.05, 0) is 66.2 Å². The second-order valence-electron chi connectivity index (χ2n) is 13.3. The Bertz CT molecular complexity index is 1620. The molecule has 1 unspecified atom stereocenters. The van der Waals surface area contributed by atoms with Crippen molar-refractivity contribution in [1.29, 1.82) is 0 Å². The van der Waals surface area contributed by atoms with E-state index < -0.39 is 52.5 Å². The second-order valence-corrected chi connectivity index (χ2v) is 13.3. The van der Waals surface area contributed by atoms with Crippen molar-refractivity contribution in [2.75, 3.05) is 6.61 Å². The summed E-state index contributed by atoms with van der Waals surface area (Å²) in [5.41, 5.74) is -0.384. The standard InChI is InChI=1S/C36H37FO7/c1-21(2)34-17-23(4)36-28(32(34)42-35(43-34,44-36)19-24-9-6-5-7-10-24)15-26(18-33(40)29(36)13-22(3)31(33)39)20-41-30(38)16-25-11-8-12-27(37)14-25/h5-15,23,28-29,32,40H,1,16-20H2,2-4H3/t23-,28+,29-,32-,33-,34+,35?,36-/m1/s1. The summed E-state index contributed by atoms with van der Waals surface area (Å²) in [6, 6.07) is 15.6. The summed E-state index contributed by atoms with van der Waals surface area (Å²) >= 11 is 0. The number of carbonyl (C=O) groups excluding carboxylic acids is 2. The number of hydrogen-bond acceptors (Lipinski definition) is 7. The molecule has 8 atom stereocenters. The predicted molar refractivity (Wildman–Crippen MR) is 158 cm³/mol. The topological polar surface area (TPSA) is 91.3 Å². The van der Waals surface area contributed by atoms with Crippen LogP contribution in [0.4, 0.5) is 4.39 Å². The molecule has 7 rings (SSSR count). The van der Waals surface area contributed by atoms with Gasteiger partial charge in [0.25, 0.3) is 5.97 Å². The van der Waals surface area contributed by atoms with E-state index in [1.54, 1.807) is 19.1 Å². The molecule has 7 nitrogen and oxygen atoms in total. The van der Waals surface area contributed by atoms with Crippen LogP contribution in [0, 0.1) is 23.6 Å². The first-order valence-electron chi connectivity index (χ1n) is 15.2. The zero-order valence-electron chi connectivity index (χ0n) is 25.2. The second kappa shape index (κ2) is 10.0. The number of benzene rings is 2. The third-order valence-electron chi connectivity index (χ3n) is 10.4. The van der Waals surface area contributed by atoms with Gasteiger partial charge in [0.2, 0.25) is 0 Å². The van der Waals surface area contributed by atoms with E-state index in [9.17, 15) is 19.1 Å². The summed E-state index contributed by atoms with van der Waals surface area (Å²) in [7, 11) is 0. The predicted octanol–water partition coefficient (Wildman–Crippen LogP) is 5.17. The van der Waals surface area contributed by atoms with Crippen LogP contribution in [-0.2, 0) is 41.4 Å². The van der Waals surface area contributed by atoms with Gasteiger partial charge in [0.05, 0.1) is 18.4 Å². The molecular formula is C36H37FO7. The number of aliphatic hydroxyl groups is 1. The van der Waals surface area contributed by atoms with Crippen LogP contribution in [0.1, 0.15) is 44.7 Å². The highest BCUT2D eigenvalue weighted by atomic mass is 19.1. The number of ether oxygens (including phenoxy) is 4. The number of halogens is 1. The van der Waals surface area contributed by atoms with Gasteiger partial charge in [-0.2, -0.15) is 0 Å². The van der Waals surface area contributed by atoms with E-state index in [0.29, 0.717) is 29.6 Å². The van der Waals surface area contributed by atoms with Crippen molar-refractivity contribution in [3.63, 3.8) is 0 Å². The molecule has 44 heavy (non-hydrogen) atoms. The summed E-state index contributed by atoms with van der Waals surface area (Å²) in [5, 5.41) is 12.3. The fraction of sp³-hybridized carbons (Fsp3) is 0.444. The van der Waals surface area contributed by atoms with Crippen LogP contribution in [0.5, 0.6) is 0 Å². The average Bonchev–Trinajstić information content (AvgIpc) is 3.28. The molecule has 0 amide bonds. The Morgan fingerprint density at radius 2 is 1.86 bits per heavy atom. The first-order chi connectivity index (χ1) is 20.9. The minimum atomic E-state index is -1.80. The van der Waals surface area contributed by atoms with E-state index in [0.717, 1.165) is 11.1 Å². The maximum Gasteiger partial charge on any atom is 0.310 e. The van der Waals surface area contributed by atoms with Gasteiger partial charge in [-0.25, -0.2) is 4.39 Å². The Kier molecular flexibility index (Phi) is 6.68. The van der Waals surface area contributed by atoms with Crippen LogP contribution in [0.2, 0.25) is 0 Å². The van der Waals surface area contributed by atoms with Crippen LogP contribution in [-0.4, -0.2) is 52.3 Å². The smallest absolute Gasteiger partial charge is 0.310 e. The molecular weight excluding hydrogens is 563 g/mol. The fourth-order valence-corrected chi connectivity index (χ4v) is 8.53. The molecule has 3 aliphatic carbocycles. The molecule has 2 saturated heterocycles. The van der Waals surface area contributed by atoms with Gasteiger partial charge in [-0.15, -0.1) is 0 Å². The number of esters is 1. The first kappa shape index (κ1) is 29.3. The van der Waals surface area contributed by atoms with Crippen molar-refractivity contribution in [3.05, 3.63) is 107 Å². The van der Waals surface area contributed by atoms with Crippen molar-refractivity contribution >= 4 is 11.8 Å². The van der Waals surface area contributed by atoms with Crippen LogP contribution < -0.4 is 0 Å². The molecule has 8 heteroatoms. The molecule has 0 spiro atoms. The SMILES string of the molecule is C=C(C)[C@@]12C[C@@H](C)[C@@]34OC(Cc5ccccc5)(O[C@@H]1[C@@H]3C=C(COC(=O)Cc1cccc(F)c1)C[C@]1(O)C(=O)C(C)=C[C@@H]41)O2. The summed E-state index contributed by atoms with van der Waals surface area (Å²) in [6.07, 6.45) is 4.04. The molecule has 1 saturated carbocycles. The maximum absolute atomic E-state index is 13.7. The highest BCUT2D eigenvalue weighted by molar-refractivity contribution is 6.04. The minimum absolute atomic E-state index is 0.0226. The monoisotopic (exact) mass is 600 g/mol. The van der Waals surface area contributed by atoms with Gasteiger partial charge in [0, 0.05) is 18.3 Å². The molecule has 2 aromatic carbocycles. The molecule has 230 valence electrons. The molecule has 0 radical (unpaired) electrons. The highest BCUT2D eigenvalue weighted by Crippen LogP contribution is 2.68. The van der Waals surface area contributed by atoms with Gasteiger partial charge >= 0.3 is 5.97 Å². The van der Waals surface area contributed by atoms with Gasteiger partial charge in [0.1, 0.15) is 29.7 Å². The zero-order chi connectivity index (χ0) is 31.1. The summed E-state index contributed by atoms with van der Waals surface area (Å²) < 4.78 is 40.1. The lowest BCUT2D eigenvalue weighted by Gasteiger charge is -2.59. The highest BCUT2D eigenvalue weighted by Gasteiger charge is 2.79. The lowest BCUT2D eigenvalue weighted by molar-refractivity contribution is -0.421. The van der Waals surface area contributed by atoms with Gasteiger partial charge < -0.3 is 24.1 Å². The van der Waals surface area contributed by atoms with Crippen molar-refractivity contribution in [1.82, 2.24) is 0 Å². The molecule has 5 aliphatic rings. The Morgan fingerprint density at radius 1 is 1.11 bits per heavy atom. The summed E-state index contributed by atoms with van der Waals surface area (Å²) in [6.45, 7) is 9.94. The van der Waals surface area contributed by atoms with Crippen molar-refractivity contribution in [2.24, 2.45) is 17.8 Å². The zero-order valence-corrected chi connectivity index (χ0v) is 25.2. The number of ketones is 1. The molecule has 2 aromatic rings. The van der Waals surface area contributed by atoms with Crippen molar-refractivity contribution in [2.45, 2.75) is 75.3 Å². The normalized spacial score (nSPS) is 38.3. The number of rotatable bonds is 7. The van der Waals surface area contributed by atoms with Gasteiger partial charge in [-0.3, -0.25) is 9.59 Å². The number of fused-ring (bicyclic) bond motifs is 2. The van der Waals surface area contributed by atoms with Crippen molar-refractivity contribution in [3.8, 4) is 0 Å². The molecule has 2 heterocycles. The van der Waals surface area contributed by atoms with Gasteiger partial charge in [-0.1, -0.05) is 68.1 Å². The molecule has 3 fully saturated rings. The lowest BCUT2D eigenvalue weighted by atomic mass is 9.55. The third kappa shape index (κ3) is 4.22. The van der Waals surface area contributed by atoms with E-state index in [-0.39, 0.29) is 31.1 Å². The van der Waals surface area contributed by atoms with E-state index in [2.05, 4.69) is 13.5 Å². The molecule has 0 aromatic heterocycles. The first-order valence-corrected chi connectivity index (χ1v) is 15.2. The summed E-state index contributed by atoms with van der Waals surface area (Å²) in [4.78, 5) is 26.6. The maximum atomic E-state index is 13.7. The quantitative estimate of drug-likeness (QED) is 0.347. The largest absolute Gasteiger partial charge is 0.461 e. The van der Waals surface area contributed by atoms with E-state index in [4.69, 9.17) is 18.9 Å². The molecule has 3 bridgehead atoms. The van der Waals surface area contributed by atoms with Crippen LogP contribution in [0.3, 0.4) is 0 Å². The molecule has 2 aliphatic heterocycles. The molecule has 1 N–H and O–H groups in total. The van der Waals surface area contributed by atoms with E-state index in [1.165, 1.54) is 12.1 Å². The number of Topliss-reactive ketones (excluding diaryl/α,β-unsaturated/α-hetero) is 1. The minimum Gasteiger partial charge on any atom is -0.461 e. The average molecular weight is 601 g/mol.